The zero-order valence-corrected chi connectivity index (χ0v) is 14.0. The van der Waals surface area contributed by atoms with E-state index in [9.17, 15) is 9.59 Å². The van der Waals surface area contributed by atoms with Gasteiger partial charge < -0.3 is 15.8 Å². The minimum absolute atomic E-state index is 0.142. The summed E-state index contributed by atoms with van der Waals surface area (Å²) in [6.45, 7) is 9.75. The van der Waals surface area contributed by atoms with E-state index in [1.54, 1.807) is 0 Å². The van der Waals surface area contributed by atoms with Gasteiger partial charge in [-0.1, -0.05) is 38.1 Å². The molecule has 1 aromatic rings. The number of nitrogens with two attached hydrogens (primary N) is 1. The number of ether oxygens (including phenoxy) is 1. The van der Waals surface area contributed by atoms with Gasteiger partial charge in [-0.3, -0.25) is 4.79 Å². The molecule has 22 heavy (non-hydrogen) atoms. The third-order valence-electron chi connectivity index (χ3n) is 3.15. The van der Waals surface area contributed by atoms with E-state index in [4.69, 9.17) is 10.5 Å². The normalized spacial score (nSPS) is 12.8. The Morgan fingerprint density at radius 2 is 1.73 bits per heavy atom. The lowest BCUT2D eigenvalue weighted by Crippen LogP contribution is -2.32. The molecule has 1 unspecified atom stereocenters. The van der Waals surface area contributed by atoms with Crippen LogP contribution in [-0.2, 0) is 16.1 Å². The Hall–Kier alpha value is -2.04. The van der Waals surface area contributed by atoms with Gasteiger partial charge in [0.1, 0.15) is 5.60 Å². The van der Waals surface area contributed by atoms with Gasteiger partial charge in [-0.15, -0.1) is 0 Å². The quantitative estimate of drug-likeness (QED) is 0.877. The highest BCUT2D eigenvalue weighted by atomic mass is 16.6. The molecule has 0 aromatic heterocycles. The van der Waals surface area contributed by atoms with Crippen LogP contribution in [0, 0.1) is 5.92 Å². The standard InChI is InChI=1S/C17H26N2O3/c1-11(2)14(15(18)20)13-8-6-12(7-9-13)10-19-16(21)22-17(3,4)5/h6-9,11,14H,10H2,1-5H3,(H2,18,20)(H,19,21). The fraction of sp³-hybridized carbons (Fsp3) is 0.529. The Labute approximate surface area is 132 Å². The molecule has 5 heteroatoms. The molecular formula is C17H26N2O3. The topological polar surface area (TPSA) is 81.4 Å². The first-order chi connectivity index (χ1) is 10.1. The number of rotatable bonds is 5. The number of hydrogen-bond donors (Lipinski definition) is 2. The molecule has 0 aliphatic rings. The molecule has 5 nitrogen and oxygen atoms in total. The fourth-order valence-electron chi connectivity index (χ4n) is 2.21. The fourth-order valence-corrected chi connectivity index (χ4v) is 2.21. The molecule has 0 saturated heterocycles. The largest absolute Gasteiger partial charge is 0.444 e. The van der Waals surface area contributed by atoms with Gasteiger partial charge in [0.2, 0.25) is 5.91 Å². The molecule has 1 atom stereocenters. The molecule has 2 amide bonds. The van der Waals surface area contributed by atoms with Gasteiger partial charge in [0.05, 0.1) is 5.92 Å². The number of primary amides is 1. The maximum Gasteiger partial charge on any atom is 0.407 e. The Kier molecular flexibility index (Phi) is 5.97. The highest BCUT2D eigenvalue weighted by Crippen LogP contribution is 2.24. The smallest absolute Gasteiger partial charge is 0.407 e. The van der Waals surface area contributed by atoms with Crippen LogP contribution in [0.2, 0.25) is 0 Å². The molecule has 0 heterocycles. The van der Waals surface area contributed by atoms with Crippen molar-refractivity contribution in [2.45, 2.75) is 52.7 Å². The van der Waals surface area contributed by atoms with E-state index in [0.29, 0.717) is 6.54 Å². The van der Waals surface area contributed by atoms with Crippen LogP contribution in [0.3, 0.4) is 0 Å². The maximum atomic E-state index is 11.6. The van der Waals surface area contributed by atoms with E-state index >= 15 is 0 Å². The Bertz CT molecular complexity index is 516. The Morgan fingerprint density at radius 3 is 2.14 bits per heavy atom. The number of benzene rings is 1. The summed E-state index contributed by atoms with van der Waals surface area (Å²) in [4.78, 5) is 23.1. The third kappa shape index (κ3) is 5.76. The highest BCUT2D eigenvalue weighted by molar-refractivity contribution is 5.82. The first-order valence-electron chi connectivity index (χ1n) is 7.45. The summed E-state index contributed by atoms with van der Waals surface area (Å²) in [6, 6.07) is 7.51. The summed E-state index contributed by atoms with van der Waals surface area (Å²) in [5.74, 6) is -0.481. The van der Waals surface area contributed by atoms with Crippen LogP contribution < -0.4 is 11.1 Å². The van der Waals surface area contributed by atoms with Gasteiger partial charge in [0.25, 0.3) is 0 Å². The number of hydrogen-bond acceptors (Lipinski definition) is 3. The zero-order valence-electron chi connectivity index (χ0n) is 14.0. The van der Waals surface area contributed by atoms with Gasteiger partial charge in [0.15, 0.2) is 0 Å². The molecule has 0 bridgehead atoms. The van der Waals surface area contributed by atoms with Gasteiger partial charge >= 0.3 is 6.09 Å². The minimum atomic E-state index is -0.514. The van der Waals surface area contributed by atoms with Gasteiger partial charge in [0, 0.05) is 6.54 Å². The molecular weight excluding hydrogens is 280 g/mol. The van der Waals surface area contributed by atoms with Crippen LogP contribution in [0.1, 0.15) is 51.7 Å². The predicted molar refractivity (Wildman–Crippen MR) is 86.3 cm³/mol. The SMILES string of the molecule is CC(C)C(C(N)=O)c1ccc(CNC(=O)OC(C)(C)C)cc1. The molecule has 0 aliphatic heterocycles. The van der Waals surface area contributed by atoms with Crippen LogP contribution >= 0.6 is 0 Å². The molecule has 0 saturated carbocycles. The van der Waals surface area contributed by atoms with Crippen molar-refractivity contribution < 1.29 is 14.3 Å². The monoisotopic (exact) mass is 306 g/mol. The van der Waals surface area contributed by atoms with Crippen molar-refractivity contribution in [2.24, 2.45) is 11.7 Å². The van der Waals surface area contributed by atoms with E-state index in [1.165, 1.54) is 0 Å². The van der Waals surface area contributed by atoms with E-state index in [2.05, 4.69) is 5.32 Å². The highest BCUT2D eigenvalue weighted by Gasteiger charge is 2.21. The van der Waals surface area contributed by atoms with Crippen molar-refractivity contribution in [3.05, 3.63) is 35.4 Å². The van der Waals surface area contributed by atoms with E-state index in [-0.39, 0.29) is 17.7 Å². The van der Waals surface area contributed by atoms with Gasteiger partial charge in [-0.2, -0.15) is 0 Å². The molecule has 1 aromatic carbocycles. The van der Waals surface area contributed by atoms with Crippen molar-refractivity contribution in [1.82, 2.24) is 5.32 Å². The summed E-state index contributed by atoms with van der Waals surface area (Å²) in [7, 11) is 0. The second kappa shape index (κ2) is 7.29. The average molecular weight is 306 g/mol. The number of carbonyl (C=O) groups excluding carboxylic acids is 2. The summed E-state index contributed by atoms with van der Waals surface area (Å²) >= 11 is 0. The van der Waals surface area contributed by atoms with Crippen LogP contribution in [0.15, 0.2) is 24.3 Å². The summed E-state index contributed by atoms with van der Waals surface area (Å²) < 4.78 is 5.17. The Balaban J connectivity index is 2.66. The van der Waals surface area contributed by atoms with Crippen LogP contribution in [0.4, 0.5) is 4.79 Å². The number of alkyl carbamates (subject to hydrolysis) is 1. The second-order valence-corrected chi connectivity index (χ2v) is 6.72. The van der Waals surface area contributed by atoms with Crippen molar-refractivity contribution in [3.63, 3.8) is 0 Å². The summed E-state index contributed by atoms with van der Waals surface area (Å²) in [5, 5.41) is 2.70. The van der Waals surface area contributed by atoms with Crippen molar-refractivity contribution >= 4 is 12.0 Å². The third-order valence-corrected chi connectivity index (χ3v) is 3.15. The summed E-state index contributed by atoms with van der Waals surface area (Å²) in [5.41, 5.74) is 6.76. The molecule has 3 N–H and O–H groups in total. The average Bonchev–Trinajstić information content (AvgIpc) is 2.35. The maximum absolute atomic E-state index is 11.6. The second-order valence-electron chi connectivity index (χ2n) is 6.72. The zero-order chi connectivity index (χ0) is 16.9. The lowest BCUT2D eigenvalue weighted by Gasteiger charge is -2.20. The molecule has 0 spiro atoms. The number of amides is 2. The molecule has 0 fully saturated rings. The van der Waals surface area contributed by atoms with Crippen LogP contribution in [0.25, 0.3) is 0 Å². The van der Waals surface area contributed by atoms with Gasteiger partial charge in [-0.25, -0.2) is 4.79 Å². The molecule has 0 radical (unpaired) electrons. The molecule has 0 aliphatic carbocycles. The molecule has 1 rings (SSSR count). The van der Waals surface area contributed by atoms with Crippen molar-refractivity contribution in [2.75, 3.05) is 0 Å². The molecule has 122 valence electrons. The first-order valence-corrected chi connectivity index (χ1v) is 7.45. The Morgan fingerprint density at radius 1 is 1.18 bits per heavy atom. The lowest BCUT2D eigenvalue weighted by atomic mass is 9.87. The lowest BCUT2D eigenvalue weighted by molar-refractivity contribution is -0.120. The number of nitrogens with one attached hydrogen (secondary N) is 1. The van der Waals surface area contributed by atoms with Crippen molar-refractivity contribution in [3.8, 4) is 0 Å². The van der Waals surface area contributed by atoms with Gasteiger partial charge in [-0.05, 0) is 37.8 Å². The number of carbonyl (C=O) groups is 2. The van der Waals surface area contributed by atoms with E-state index < -0.39 is 11.7 Å². The predicted octanol–water partition coefficient (Wildman–Crippen LogP) is 2.94. The van der Waals surface area contributed by atoms with E-state index in [0.717, 1.165) is 11.1 Å². The van der Waals surface area contributed by atoms with Crippen LogP contribution in [-0.4, -0.2) is 17.6 Å². The summed E-state index contributed by atoms with van der Waals surface area (Å²) in [6.07, 6.45) is -0.450. The van der Waals surface area contributed by atoms with Crippen LogP contribution in [0.5, 0.6) is 0 Å². The van der Waals surface area contributed by atoms with E-state index in [1.807, 2.05) is 58.9 Å². The minimum Gasteiger partial charge on any atom is -0.444 e. The first kappa shape index (κ1) is 18.0. The van der Waals surface area contributed by atoms with Crippen molar-refractivity contribution in [1.29, 1.82) is 0 Å².